The number of nitrogens with two attached hydrogens (primary N) is 1. The molecule has 0 aliphatic heterocycles. The number of aromatic nitrogens is 3. The number of carboxylic acids is 1. The van der Waals surface area contributed by atoms with Crippen LogP contribution in [0.2, 0.25) is 0 Å². The summed E-state index contributed by atoms with van der Waals surface area (Å²) in [5.74, 6) is -0.943. The highest BCUT2D eigenvalue weighted by molar-refractivity contribution is 5.87. The van der Waals surface area contributed by atoms with Gasteiger partial charge < -0.3 is 10.8 Å². The van der Waals surface area contributed by atoms with E-state index in [1.807, 2.05) is 0 Å². The van der Waals surface area contributed by atoms with Crippen molar-refractivity contribution in [2.24, 2.45) is 5.73 Å². The first kappa shape index (κ1) is 13.2. The Bertz CT molecular complexity index is 575. The van der Waals surface area contributed by atoms with Gasteiger partial charge >= 0.3 is 5.97 Å². The normalized spacial score (nSPS) is 10.6. The van der Waals surface area contributed by atoms with Crippen LogP contribution in [0.1, 0.15) is 35.1 Å². The maximum Gasteiger partial charge on any atom is 0.335 e. The first-order valence-electron chi connectivity index (χ1n) is 6.14. The van der Waals surface area contributed by atoms with E-state index in [-0.39, 0.29) is 5.56 Å². The molecule has 0 saturated heterocycles. The molecule has 6 nitrogen and oxygen atoms in total. The fourth-order valence-electron chi connectivity index (χ4n) is 1.93. The van der Waals surface area contributed by atoms with E-state index in [1.165, 1.54) is 0 Å². The zero-order chi connectivity index (χ0) is 13.8. The average Bonchev–Trinajstić information content (AvgIpc) is 2.82. The molecule has 0 aliphatic rings. The maximum absolute atomic E-state index is 10.8. The highest BCUT2D eigenvalue weighted by Crippen LogP contribution is 2.15. The smallest absolute Gasteiger partial charge is 0.335 e. The zero-order valence-electron chi connectivity index (χ0n) is 10.7. The lowest BCUT2D eigenvalue weighted by atomic mass is 10.1. The lowest BCUT2D eigenvalue weighted by molar-refractivity contribution is 0.0697. The minimum Gasteiger partial charge on any atom is -0.478 e. The van der Waals surface area contributed by atoms with Crippen LogP contribution in [0, 0.1) is 0 Å². The number of hydrogen-bond acceptors (Lipinski definition) is 4. The van der Waals surface area contributed by atoms with E-state index in [1.54, 1.807) is 28.9 Å². The van der Waals surface area contributed by atoms with E-state index >= 15 is 0 Å². The van der Waals surface area contributed by atoms with E-state index < -0.39 is 5.97 Å². The Morgan fingerprint density at radius 2 is 2.05 bits per heavy atom. The Morgan fingerprint density at radius 1 is 1.37 bits per heavy atom. The van der Waals surface area contributed by atoms with Gasteiger partial charge in [-0.15, -0.1) is 5.10 Å². The lowest BCUT2D eigenvalue weighted by Gasteiger charge is -2.06. The van der Waals surface area contributed by atoms with Crippen molar-refractivity contribution in [2.45, 2.75) is 26.3 Å². The monoisotopic (exact) mass is 260 g/mol. The molecule has 0 unspecified atom stereocenters. The second-order valence-electron chi connectivity index (χ2n) is 4.20. The number of rotatable bonds is 5. The fourth-order valence-corrected chi connectivity index (χ4v) is 1.93. The molecule has 0 atom stereocenters. The van der Waals surface area contributed by atoms with Gasteiger partial charge in [0.15, 0.2) is 0 Å². The third-order valence-corrected chi connectivity index (χ3v) is 2.88. The molecule has 6 heteroatoms. The van der Waals surface area contributed by atoms with Crippen LogP contribution in [0.25, 0.3) is 5.69 Å². The molecule has 0 radical (unpaired) electrons. The van der Waals surface area contributed by atoms with Crippen molar-refractivity contribution < 1.29 is 9.90 Å². The minimum absolute atomic E-state index is 0.250. The molecule has 100 valence electrons. The van der Waals surface area contributed by atoms with Crippen molar-refractivity contribution >= 4 is 5.97 Å². The van der Waals surface area contributed by atoms with Crippen LogP contribution in [0.5, 0.6) is 0 Å². The molecule has 3 N–H and O–H groups in total. The summed E-state index contributed by atoms with van der Waals surface area (Å²) in [7, 11) is 0. The first-order valence-corrected chi connectivity index (χ1v) is 6.14. The Balaban J connectivity index is 2.40. The molecule has 0 bridgehead atoms. The van der Waals surface area contributed by atoms with Crippen LogP contribution in [0.15, 0.2) is 24.3 Å². The van der Waals surface area contributed by atoms with Crippen LogP contribution in [0.4, 0.5) is 0 Å². The Morgan fingerprint density at radius 3 is 2.58 bits per heavy atom. The SMILES string of the molecule is CCCc1c(CN)nnn1-c1ccc(C(=O)O)cc1. The van der Waals surface area contributed by atoms with Gasteiger partial charge in [-0.2, -0.15) is 0 Å². The highest BCUT2D eigenvalue weighted by atomic mass is 16.4. The van der Waals surface area contributed by atoms with Gasteiger partial charge in [-0.3, -0.25) is 0 Å². The summed E-state index contributed by atoms with van der Waals surface area (Å²) in [5.41, 5.74) is 8.45. The van der Waals surface area contributed by atoms with Crippen LogP contribution in [-0.4, -0.2) is 26.1 Å². The Kier molecular flexibility index (Phi) is 3.91. The van der Waals surface area contributed by atoms with Crippen molar-refractivity contribution in [3.8, 4) is 5.69 Å². The van der Waals surface area contributed by atoms with Crippen LogP contribution < -0.4 is 5.73 Å². The number of hydrogen-bond donors (Lipinski definition) is 2. The molecule has 1 heterocycles. The van der Waals surface area contributed by atoms with Gasteiger partial charge in [0.2, 0.25) is 0 Å². The second-order valence-corrected chi connectivity index (χ2v) is 4.20. The predicted molar refractivity (Wildman–Crippen MR) is 70.2 cm³/mol. The lowest BCUT2D eigenvalue weighted by Crippen LogP contribution is -2.06. The molecule has 1 aromatic heterocycles. The Hall–Kier alpha value is -2.21. The molecular weight excluding hydrogens is 244 g/mol. The maximum atomic E-state index is 10.8. The van der Waals surface area contributed by atoms with E-state index in [0.717, 1.165) is 29.9 Å². The quantitative estimate of drug-likeness (QED) is 0.846. The predicted octanol–water partition coefficient (Wildman–Crippen LogP) is 1.38. The molecule has 2 rings (SSSR count). The van der Waals surface area contributed by atoms with Crippen LogP contribution in [-0.2, 0) is 13.0 Å². The number of carbonyl (C=O) groups is 1. The van der Waals surface area contributed by atoms with Gasteiger partial charge in [0.1, 0.15) is 0 Å². The standard InChI is InChI=1S/C13H16N4O2/c1-2-3-12-11(8-14)15-16-17(12)10-6-4-9(5-7-10)13(18)19/h4-7H,2-3,8,14H2,1H3,(H,18,19). The summed E-state index contributed by atoms with van der Waals surface area (Å²) in [6.45, 7) is 2.42. The van der Waals surface area contributed by atoms with E-state index in [2.05, 4.69) is 17.2 Å². The van der Waals surface area contributed by atoms with Gasteiger partial charge in [-0.05, 0) is 30.7 Å². The molecule has 19 heavy (non-hydrogen) atoms. The average molecular weight is 260 g/mol. The first-order chi connectivity index (χ1) is 9.17. The van der Waals surface area contributed by atoms with E-state index in [4.69, 9.17) is 10.8 Å². The number of aromatic carboxylic acids is 1. The highest BCUT2D eigenvalue weighted by Gasteiger charge is 2.12. The summed E-state index contributed by atoms with van der Waals surface area (Å²) in [5, 5.41) is 17.0. The fraction of sp³-hybridized carbons (Fsp3) is 0.308. The molecule has 0 fully saturated rings. The topological polar surface area (TPSA) is 94.0 Å². The second kappa shape index (κ2) is 5.62. The van der Waals surface area contributed by atoms with Crippen molar-refractivity contribution in [1.82, 2.24) is 15.0 Å². The number of nitrogens with zero attached hydrogens (tertiary/aromatic N) is 3. The zero-order valence-corrected chi connectivity index (χ0v) is 10.7. The summed E-state index contributed by atoms with van der Waals surface area (Å²) in [4.78, 5) is 10.8. The summed E-state index contributed by atoms with van der Waals surface area (Å²) in [6, 6.07) is 6.55. The summed E-state index contributed by atoms with van der Waals surface area (Å²) in [6.07, 6.45) is 1.80. The van der Waals surface area contributed by atoms with E-state index in [0.29, 0.717) is 6.54 Å². The molecule has 2 aromatic rings. The van der Waals surface area contributed by atoms with Gasteiger partial charge in [-0.1, -0.05) is 18.6 Å². The Labute approximate surface area is 110 Å². The summed E-state index contributed by atoms with van der Waals surface area (Å²) < 4.78 is 1.72. The molecular formula is C13H16N4O2. The van der Waals surface area contributed by atoms with Crippen molar-refractivity contribution in [3.63, 3.8) is 0 Å². The molecule has 0 aliphatic carbocycles. The third-order valence-electron chi connectivity index (χ3n) is 2.88. The van der Waals surface area contributed by atoms with Crippen molar-refractivity contribution in [2.75, 3.05) is 0 Å². The molecule has 1 aromatic carbocycles. The molecule has 0 amide bonds. The molecule has 0 saturated carbocycles. The van der Waals surface area contributed by atoms with Gasteiger partial charge in [-0.25, -0.2) is 9.48 Å². The van der Waals surface area contributed by atoms with Crippen molar-refractivity contribution in [3.05, 3.63) is 41.2 Å². The van der Waals surface area contributed by atoms with Crippen LogP contribution >= 0.6 is 0 Å². The largest absolute Gasteiger partial charge is 0.478 e. The minimum atomic E-state index is -0.943. The van der Waals surface area contributed by atoms with Gasteiger partial charge in [0.25, 0.3) is 0 Å². The molecule has 0 spiro atoms. The summed E-state index contributed by atoms with van der Waals surface area (Å²) >= 11 is 0. The van der Waals surface area contributed by atoms with Gasteiger partial charge in [0.05, 0.1) is 22.6 Å². The van der Waals surface area contributed by atoms with Gasteiger partial charge in [0, 0.05) is 6.54 Å². The van der Waals surface area contributed by atoms with Crippen molar-refractivity contribution in [1.29, 1.82) is 0 Å². The van der Waals surface area contributed by atoms with Crippen LogP contribution in [0.3, 0.4) is 0 Å². The number of carboxylic acid groups (broad SMARTS) is 1. The van der Waals surface area contributed by atoms with E-state index in [9.17, 15) is 4.79 Å². The number of benzene rings is 1. The third kappa shape index (κ3) is 2.63.